The lowest BCUT2D eigenvalue weighted by molar-refractivity contribution is 0.0466. The summed E-state index contributed by atoms with van der Waals surface area (Å²) in [5.74, 6) is -0.406. The summed E-state index contributed by atoms with van der Waals surface area (Å²) in [6.07, 6.45) is 3.27. The molecular formula is C22H18N2O3S. The standard InChI is InChI=1S/C22H18N2O3S/c25-20-14-18(23-22-24(20)12-13-28-22)15-27-21(26)19-9-5-4-8-17(19)11-10-16-6-2-1-3-7-16/h1-9,12-14H,10-11,15H2. The fourth-order valence-electron chi connectivity index (χ4n) is 3.04. The molecule has 0 unspecified atom stereocenters. The van der Waals surface area contributed by atoms with Crippen molar-refractivity contribution in [3.05, 3.63) is 105 Å². The molecule has 2 aromatic carbocycles. The van der Waals surface area contributed by atoms with E-state index in [2.05, 4.69) is 17.1 Å². The van der Waals surface area contributed by atoms with Crippen LogP contribution in [0, 0.1) is 0 Å². The molecule has 0 spiro atoms. The van der Waals surface area contributed by atoms with E-state index in [0.717, 1.165) is 18.4 Å². The van der Waals surface area contributed by atoms with Crippen LogP contribution in [-0.4, -0.2) is 15.4 Å². The maximum absolute atomic E-state index is 12.6. The van der Waals surface area contributed by atoms with Crippen molar-refractivity contribution in [3.63, 3.8) is 0 Å². The second-order valence-corrected chi connectivity index (χ2v) is 7.23. The predicted molar refractivity (Wildman–Crippen MR) is 109 cm³/mol. The van der Waals surface area contributed by atoms with Crippen LogP contribution < -0.4 is 5.56 Å². The first-order valence-electron chi connectivity index (χ1n) is 8.95. The number of carbonyl (C=O) groups is 1. The van der Waals surface area contributed by atoms with Crippen LogP contribution in [0.3, 0.4) is 0 Å². The molecule has 6 heteroatoms. The Morgan fingerprint density at radius 1 is 1.04 bits per heavy atom. The number of ether oxygens (including phenoxy) is 1. The number of benzene rings is 2. The van der Waals surface area contributed by atoms with Crippen molar-refractivity contribution in [1.29, 1.82) is 0 Å². The Balaban J connectivity index is 1.46. The summed E-state index contributed by atoms with van der Waals surface area (Å²) in [5, 5.41) is 1.79. The first kappa shape index (κ1) is 18.1. The average molecular weight is 390 g/mol. The van der Waals surface area contributed by atoms with E-state index in [1.165, 1.54) is 27.4 Å². The number of carbonyl (C=O) groups excluding carboxylic acids is 1. The van der Waals surface area contributed by atoms with Gasteiger partial charge in [-0.25, -0.2) is 9.78 Å². The molecule has 0 saturated carbocycles. The van der Waals surface area contributed by atoms with Crippen molar-refractivity contribution in [1.82, 2.24) is 9.38 Å². The summed E-state index contributed by atoms with van der Waals surface area (Å²) in [6, 6.07) is 19.0. The first-order valence-corrected chi connectivity index (χ1v) is 9.83. The number of hydrogen-bond acceptors (Lipinski definition) is 5. The van der Waals surface area contributed by atoms with E-state index in [4.69, 9.17) is 4.74 Å². The van der Waals surface area contributed by atoms with Crippen molar-refractivity contribution in [2.24, 2.45) is 0 Å². The largest absolute Gasteiger partial charge is 0.456 e. The van der Waals surface area contributed by atoms with E-state index in [1.807, 2.05) is 36.4 Å². The maximum Gasteiger partial charge on any atom is 0.338 e. The number of fused-ring (bicyclic) bond motifs is 1. The molecule has 4 rings (SSSR count). The van der Waals surface area contributed by atoms with Crippen LogP contribution in [0.15, 0.2) is 77.0 Å². The highest BCUT2D eigenvalue weighted by molar-refractivity contribution is 7.15. The monoisotopic (exact) mass is 390 g/mol. The molecule has 0 amide bonds. The van der Waals surface area contributed by atoms with Gasteiger partial charge in [-0.05, 0) is 30.0 Å². The van der Waals surface area contributed by atoms with Crippen LogP contribution in [0.2, 0.25) is 0 Å². The van der Waals surface area contributed by atoms with Gasteiger partial charge < -0.3 is 4.74 Å². The van der Waals surface area contributed by atoms with Gasteiger partial charge in [-0.1, -0.05) is 48.5 Å². The van der Waals surface area contributed by atoms with Crippen molar-refractivity contribution in [2.45, 2.75) is 19.4 Å². The number of rotatable bonds is 6. The van der Waals surface area contributed by atoms with E-state index in [0.29, 0.717) is 16.2 Å². The second kappa shape index (κ2) is 8.19. The quantitative estimate of drug-likeness (QED) is 0.469. The zero-order chi connectivity index (χ0) is 19.3. The van der Waals surface area contributed by atoms with Crippen LogP contribution in [0.4, 0.5) is 0 Å². The average Bonchev–Trinajstić information content (AvgIpc) is 3.21. The third kappa shape index (κ3) is 4.02. The van der Waals surface area contributed by atoms with Crippen LogP contribution in [-0.2, 0) is 24.2 Å². The minimum absolute atomic E-state index is 0.0322. The Kier molecular flexibility index (Phi) is 5.30. The number of hydrogen-bond donors (Lipinski definition) is 0. The Bertz CT molecular complexity index is 1170. The highest BCUT2D eigenvalue weighted by Crippen LogP contribution is 2.15. The third-order valence-corrected chi connectivity index (χ3v) is 5.23. The molecule has 2 heterocycles. The molecule has 4 aromatic rings. The van der Waals surface area contributed by atoms with Gasteiger partial charge in [0, 0.05) is 17.6 Å². The van der Waals surface area contributed by atoms with Gasteiger partial charge >= 0.3 is 5.97 Å². The van der Waals surface area contributed by atoms with Crippen LogP contribution >= 0.6 is 11.3 Å². The SMILES string of the molecule is O=C(OCc1cc(=O)n2ccsc2n1)c1ccccc1CCc1ccccc1. The fraction of sp³-hybridized carbons (Fsp3) is 0.136. The lowest BCUT2D eigenvalue weighted by atomic mass is 10.00. The third-order valence-electron chi connectivity index (χ3n) is 4.47. The molecule has 0 aliphatic heterocycles. The Hall–Kier alpha value is -3.25. The zero-order valence-electron chi connectivity index (χ0n) is 15.1. The molecule has 2 aromatic heterocycles. The van der Waals surface area contributed by atoms with E-state index in [9.17, 15) is 9.59 Å². The van der Waals surface area contributed by atoms with Crippen molar-refractivity contribution in [2.75, 3.05) is 0 Å². The van der Waals surface area contributed by atoms with E-state index in [-0.39, 0.29) is 12.2 Å². The van der Waals surface area contributed by atoms with Crippen molar-refractivity contribution in [3.8, 4) is 0 Å². The molecule has 140 valence electrons. The fourth-order valence-corrected chi connectivity index (χ4v) is 3.78. The molecule has 0 aliphatic rings. The van der Waals surface area contributed by atoms with Gasteiger partial charge in [0.15, 0.2) is 4.96 Å². The van der Waals surface area contributed by atoms with Gasteiger partial charge in [0.2, 0.25) is 0 Å². The van der Waals surface area contributed by atoms with Gasteiger partial charge in [0.25, 0.3) is 5.56 Å². The van der Waals surface area contributed by atoms with Gasteiger partial charge in [-0.15, -0.1) is 11.3 Å². The lowest BCUT2D eigenvalue weighted by Crippen LogP contribution is -2.15. The second-order valence-electron chi connectivity index (χ2n) is 6.36. The molecule has 0 aliphatic carbocycles. The number of aryl methyl sites for hydroxylation is 2. The van der Waals surface area contributed by atoms with Gasteiger partial charge in [-0.2, -0.15) is 0 Å². The number of aromatic nitrogens is 2. The van der Waals surface area contributed by atoms with E-state index >= 15 is 0 Å². The predicted octanol–water partition coefficient (Wildman–Crippen LogP) is 3.90. The van der Waals surface area contributed by atoms with E-state index in [1.54, 1.807) is 17.6 Å². The highest BCUT2D eigenvalue weighted by atomic mass is 32.1. The van der Waals surface area contributed by atoms with Gasteiger partial charge in [0.05, 0.1) is 11.3 Å². The molecule has 0 fully saturated rings. The minimum atomic E-state index is -0.406. The molecular weight excluding hydrogens is 372 g/mol. The number of nitrogens with zero attached hydrogens (tertiary/aromatic N) is 2. The van der Waals surface area contributed by atoms with Crippen LogP contribution in [0.5, 0.6) is 0 Å². The Morgan fingerprint density at radius 3 is 2.68 bits per heavy atom. The van der Waals surface area contributed by atoms with Crippen molar-refractivity contribution >= 4 is 22.3 Å². The molecule has 0 radical (unpaired) electrons. The Morgan fingerprint density at radius 2 is 1.82 bits per heavy atom. The van der Waals surface area contributed by atoms with E-state index < -0.39 is 5.97 Å². The smallest absolute Gasteiger partial charge is 0.338 e. The summed E-state index contributed by atoms with van der Waals surface area (Å²) in [5.41, 5.74) is 2.98. The van der Waals surface area contributed by atoms with Gasteiger partial charge in [-0.3, -0.25) is 9.20 Å². The topological polar surface area (TPSA) is 60.7 Å². The first-order chi connectivity index (χ1) is 13.7. The summed E-state index contributed by atoms with van der Waals surface area (Å²) in [6.45, 7) is -0.0322. The summed E-state index contributed by atoms with van der Waals surface area (Å²) in [4.78, 5) is 29.6. The lowest BCUT2D eigenvalue weighted by Gasteiger charge is -2.10. The van der Waals surface area contributed by atoms with Crippen LogP contribution in [0.25, 0.3) is 4.96 Å². The minimum Gasteiger partial charge on any atom is -0.456 e. The normalized spacial score (nSPS) is 10.9. The van der Waals surface area contributed by atoms with Gasteiger partial charge in [0.1, 0.15) is 6.61 Å². The molecule has 0 N–H and O–H groups in total. The molecule has 5 nitrogen and oxygen atoms in total. The summed E-state index contributed by atoms with van der Waals surface area (Å²) in [7, 11) is 0. The summed E-state index contributed by atoms with van der Waals surface area (Å²) < 4.78 is 6.91. The summed E-state index contributed by atoms with van der Waals surface area (Å²) >= 11 is 1.36. The maximum atomic E-state index is 12.6. The van der Waals surface area contributed by atoms with Crippen LogP contribution in [0.1, 0.15) is 27.2 Å². The zero-order valence-corrected chi connectivity index (χ0v) is 15.9. The molecule has 0 bridgehead atoms. The van der Waals surface area contributed by atoms with Crippen molar-refractivity contribution < 1.29 is 9.53 Å². The number of thiazole rings is 1. The Labute approximate surface area is 165 Å². The highest BCUT2D eigenvalue weighted by Gasteiger charge is 2.13. The molecule has 0 saturated heterocycles. The molecule has 28 heavy (non-hydrogen) atoms. The molecule has 0 atom stereocenters. The number of esters is 1.